The first kappa shape index (κ1) is 17.3. The third-order valence-corrected chi connectivity index (χ3v) is 4.44. The maximum atomic E-state index is 13.1. The largest absolute Gasteiger partial charge is 0.349 e. The van der Waals surface area contributed by atoms with Crippen LogP contribution in [0.1, 0.15) is 43.2 Å². The molecule has 132 valence electrons. The molecule has 0 bridgehead atoms. The lowest BCUT2D eigenvalue weighted by molar-refractivity contribution is -0.122. The van der Waals surface area contributed by atoms with E-state index < -0.39 is 6.55 Å². The highest BCUT2D eigenvalue weighted by molar-refractivity contribution is 5.77. The lowest BCUT2D eigenvalue weighted by Gasteiger charge is -2.20. The number of carbonyl (C=O) groups is 1. The summed E-state index contributed by atoms with van der Waals surface area (Å²) >= 11 is 0. The summed E-state index contributed by atoms with van der Waals surface area (Å²) in [6, 6.07) is 9.00. The Kier molecular flexibility index (Phi) is 5.58. The highest BCUT2D eigenvalue weighted by Gasteiger charge is 2.21. The molecule has 6 heteroatoms. The number of benzene rings is 1. The highest BCUT2D eigenvalue weighted by Crippen LogP contribution is 2.23. The molecule has 3 rings (SSSR count). The van der Waals surface area contributed by atoms with Gasteiger partial charge in [-0.25, -0.2) is 4.98 Å². The minimum atomic E-state index is -2.65. The van der Waals surface area contributed by atoms with Crippen LogP contribution in [0.15, 0.2) is 54.9 Å². The van der Waals surface area contributed by atoms with Crippen molar-refractivity contribution in [2.24, 2.45) is 5.92 Å². The van der Waals surface area contributed by atoms with Gasteiger partial charge in [0.2, 0.25) is 5.91 Å². The summed E-state index contributed by atoms with van der Waals surface area (Å²) in [5.41, 5.74) is 0.877. The molecule has 0 aliphatic heterocycles. The summed E-state index contributed by atoms with van der Waals surface area (Å²) < 4.78 is 27.0. The zero-order valence-electron chi connectivity index (χ0n) is 13.8. The smallest absolute Gasteiger partial charge is 0.319 e. The molecule has 0 saturated carbocycles. The van der Waals surface area contributed by atoms with Gasteiger partial charge in [0.25, 0.3) is 0 Å². The minimum absolute atomic E-state index is 0.0689. The molecule has 1 amide bonds. The average molecular weight is 345 g/mol. The minimum Gasteiger partial charge on any atom is -0.349 e. The number of carbonyl (C=O) groups excluding carboxylic acids is 1. The van der Waals surface area contributed by atoms with E-state index in [9.17, 15) is 13.6 Å². The summed E-state index contributed by atoms with van der Waals surface area (Å²) in [6.45, 7) is -2.65. The molecule has 0 fully saturated rings. The second kappa shape index (κ2) is 8.05. The van der Waals surface area contributed by atoms with Crippen LogP contribution in [0, 0.1) is 5.92 Å². The number of hydrogen-bond donors (Lipinski definition) is 1. The SMILES string of the molecule is O=C(C[C@H]1C=CCC1)N[C@H](Cc1nccn1C(F)F)c1ccccc1. The van der Waals surface area contributed by atoms with Crippen molar-refractivity contribution < 1.29 is 13.6 Å². The maximum Gasteiger partial charge on any atom is 0.319 e. The van der Waals surface area contributed by atoms with Crippen LogP contribution in [0.25, 0.3) is 0 Å². The number of rotatable bonds is 7. The molecule has 1 aliphatic rings. The van der Waals surface area contributed by atoms with Gasteiger partial charge in [0.1, 0.15) is 5.82 Å². The molecule has 2 atom stereocenters. The number of halogens is 2. The lowest BCUT2D eigenvalue weighted by atomic mass is 10.0. The molecule has 4 nitrogen and oxygen atoms in total. The maximum absolute atomic E-state index is 13.1. The van der Waals surface area contributed by atoms with E-state index in [1.54, 1.807) is 0 Å². The predicted molar refractivity (Wildman–Crippen MR) is 91.0 cm³/mol. The summed E-state index contributed by atoms with van der Waals surface area (Å²) in [5.74, 6) is 0.449. The van der Waals surface area contributed by atoms with Gasteiger partial charge in [0, 0.05) is 25.2 Å². The van der Waals surface area contributed by atoms with Crippen LogP contribution in [0.3, 0.4) is 0 Å². The van der Waals surface area contributed by atoms with E-state index in [4.69, 9.17) is 0 Å². The van der Waals surface area contributed by atoms with Crippen LogP contribution in [0.5, 0.6) is 0 Å². The Morgan fingerprint density at radius 1 is 1.32 bits per heavy atom. The summed E-state index contributed by atoms with van der Waals surface area (Å²) in [6.07, 6.45) is 9.40. The van der Waals surface area contributed by atoms with Crippen molar-refractivity contribution >= 4 is 5.91 Å². The van der Waals surface area contributed by atoms with Crippen LogP contribution < -0.4 is 5.32 Å². The van der Waals surface area contributed by atoms with Crippen molar-refractivity contribution in [2.45, 2.75) is 38.3 Å². The van der Waals surface area contributed by atoms with Crippen LogP contribution in [0.2, 0.25) is 0 Å². The fourth-order valence-electron chi connectivity index (χ4n) is 3.16. The molecule has 1 aromatic heterocycles. The zero-order valence-corrected chi connectivity index (χ0v) is 13.8. The van der Waals surface area contributed by atoms with Crippen LogP contribution in [-0.2, 0) is 11.2 Å². The molecule has 1 heterocycles. The second-order valence-electron chi connectivity index (χ2n) is 6.23. The lowest BCUT2D eigenvalue weighted by Crippen LogP contribution is -2.31. The number of hydrogen-bond acceptors (Lipinski definition) is 2. The van der Waals surface area contributed by atoms with Gasteiger partial charge < -0.3 is 5.32 Å². The van der Waals surface area contributed by atoms with Gasteiger partial charge in [0.15, 0.2) is 0 Å². The van der Waals surface area contributed by atoms with E-state index in [0.717, 1.165) is 23.0 Å². The Balaban J connectivity index is 1.74. The van der Waals surface area contributed by atoms with E-state index in [1.807, 2.05) is 30.3 Å². The molecule has 1 aromatic carbocycles. The fourth-order valence-corrected chi connectivity index (χ4v) is 3.16. The van der Waals surface area contributed by atoms with Crippen molar-refractivity contribution in [1.29, 1.82) is 0 Å². The second-order valence-corrected chi connectivity index (χ2v) is 6.23. The molecule has 1 aliphatic carbocycles. The molecular weight excluding hydrogens is 324 g/mol. The Hall–Kier alpha value is -2.50. The normalized spacial score (nSPS) is 17.8. The number of imidazole rings is 1. The quantitative estimate of drug-likeness (QED) is 0.770. The molecule has 0 spiro atoms. The van der Waals surface area contributed by atoms with Crippen molar-refractivity contribution in [3.63, 3.8) is 0 Å². The Morgan fingerprint density at radius 2 is 2.12 bits per heavy atom. The first-order chi connectivity index (χ1) is 12.1. The third kappa shape index (κ3) is 4.53. The van der Waals surface area contributed by atoms with Gasteiger partial charge >= 0.3 is 6.55 Å². The molecule has 2 aromatic rings. The molecule has 0 saturated heterocycles. The number of nitrogens with zero attached hydrogens (tertiary/aromatic N) is 2. The van der Waals surface area contributed by atoms with E-state index in [0.29, 0.717) is 6.42 Å². The average Bonchev–Trinajstić information content (AvgIpc) is 3.26. The zero-order chi connectivity index (χ0) is 17.6. The van der Waals surface area contributed by atoms with E-state index >= 15 is 0 Å². The summed E-state index contributed by atoms with van der Waals surface area (Å²) in [7, 11) is 0. The highest BCUT2D eigenvalue weighted by atomic mass is 19.3. The molecule has 1 N–H and O–H groups in total. The van der Waals surface area contributed by atoms with Crippen molar-refractivity contribution in [3.05, 3.63) is 66.3 Å². The van der Waals surface area contributed by atoms with Crippen LogP contribution in [0.4, 0.5) is 8.78 Å². The number of alkyl halides is 2. The Labute approximate surface area is 145 Å². The number of amides is 1. The fraction of sp³-hybridized carbons (Fsp3) is 0.368. The first-order valence-electron chi connectivity index (χ1n) is 8.44. The van der Waals surface area contributed by atoms with Crippen LogP contribution in [-0.4, -0.2) is 15.5 Å². The molecule has 0 radical (unpaired) electrons. The number of allylic oxidation sites excluding steroid dienone is 2. The van der Waals surface area contributed by atoms with Gasteiger partial charge in [-0.1, -0.05) is 42.5 Å². The van der Waals surface area contributed by atoms with Gasteiger partial charge in [-0.3, -0.25) is 9.36 Å². The third-order valence-electron chi connectivity index (χ3n) is 4.44. The van der Waals surface area contributed by atoms with Gasteiger partial charge in [-0.2, -0.15) is 8.78 Å². The number of nitrogens with one attached hydrogen (secondary N) is 1. The van der Waals surface area contributed by atoms with E-state index in [2.05, 4.69) is 22.5 Å². The first-order valence-corrected chi connectivity index (χ1v) is 8.44. The topological polar surface area (TPSA) is 46.9 Å². The summed E-state index contributed by atoms with van der Waals surface area (Å²) in [4.78, 5) is 16.4. The Morgan fingerprint density at radius 3 is 2.80 bits per heavy atom. The van der Waals surface area contributed by atoms with Gasteiger partial charge in [-0.15, -0.1) is 0 Å². The van der Waals surface area contributed by atoms with Crippen molar-refractivity contribution in [3.8, 4) is 0 Å². The Bertz CT molecular complexity index is 727. The predicted octanol–water partition coefficient (Wildman–Crippen LogP) is 4.03. The molecule has 0 unspecified atom stereocenters. The van der Waals surface area contributed by atoms with Crippen molar-refractivity contribution in [1.82, 2.24) is 14.9 Å². The van der Waals surface area contributed by atoms with Crippen molar-refractivity contribution in [2.75, 3.05) is 0 Å². The summed E-state index contributed by atoms with van der Waals surface area (Å²) in [5, 5.41) is 2.99. The van der Waals surface area contributed by atoms with E-state index in [-0.39, 0.29) is 30.1 Å². The number of aromatic nitrogens is 2. The van der Waals surface area contributed by atoms with Gasteiger partial charge in [-0.05, 0) is 24.3 Å². The standard InChI is InChI=1S/C19H21F2N3O/c20-19(21)24-11-10-22-17(24)13-16(15-8-2-1-3-9-15)23-18(25)12-14-6-4-5-7-14/h1-4,6,8-11,14,16,19H,5,7,12-13H2,(H,23,25)/t14-,16+/m0/s1. The molecule has 25 heavy (non-hydrogen) atoms. The monoisotopic (exact) mass is 345 g/mol. The molecular formula is C19H21F2N3O. The van der Waals surface area contributed by atoms with E-state index in [1.165, 1.54) is 12.4 Å². The van der Waals surface area contributed by atoms with Gasteiger partial charge in [0.05, 0.1) is 6.04 Å². The van der Waals surface area contributed by atoms with Crippen LogP contribution >= 0.6 is 0 Å².